The van der Waals surface area contributed by atoms with Gasteiger partial charge in [0.05, 0.1) is 6.54 Å². The Morgan fingerprint density at radius 1 is 1.00 bits per heavy atom. The highest BCUT2D eigenvalue weighted by atomic mass is 35.5. The number of nitrogens with one attached hydrogen (secondary N) is 2. The van der Waals surface area contributed by atoms with Crippen LogP contribution in [-0.4, -0.2) is 30.7 Å². The van der Waals surface area contributed by atoms with Gasteiger partial charge in [-0.2, -0.15) is 0 Å². The van der Waals surface area contributed by atoms with Gasteiger partial charge in [0.25, 0.3) is 0 Å². The second-order valence-electron chi connectivity index (χ2n) is 5.11. The van der Waals surface area contributed by atoms with E-state index in [9.17, 15) is 9.59 Å². The van der Waals surface area contributed by atoms with E-state index in [1.54, 1.807) is 17.8 Å². The molecule has 2 aromatic carbocycles. The average Bonchev–Trinajstić information content (AvgIpc) is 2.64. The predicted octanol–water partition coefficient (Wildman–Crippen LogP) is 3.38. The molecule has 2 amide bonds. The van der Waals surface area contributed by atoms with Crippen molar-refractivity contribution < 1.29 is 9.59 Å². The van der Waals surface area contributed by atoms with Gasteiger partial charge in [-0.05, 0) is 35.9 Å². The first-order chi connectivity index (χ1) is 12.1. The summed E-state index contributed by atoms with van der Waals surface area (Å²) in [5.41, 5.74) is 0.932. The Kier molecular flexibility index (Phi) is 8.09. The highest BCUT2D eigenvalue weighted by Crippen LogP contribution is 2.19. The van der Waals surface area contributed by atoms with Crippen molar-refractivity contribution in [2.24, 2.45) is 0 Å². The van der Waals surface area contributed by atoms with Crippen molar-refractivity contribution in [3.05, 3.63) is 71.3 Å². The summed E-state index contributed by atoms with van der Waals surface area (Å²) >= 11 is 7.46. The van der Waals surface area contributed by atoms with Crippen molar-refractivity contribution in [1.29, 1.82) is 0 Å². The van der Waals surface area contributed by atoms with Crippen LogP contribution in [0.5, 0.6) is 0 Å². The summed E-state index contributed by atoms with van der Waals surface area (Å²) in [6, 6.07) is 17.0. The molecule has 0 aromatic heterocycles. The number of hydrogen-bond acceptors (Lipinski definition) is 3. The molecule has 0 bridgehead atoms. The Bertz CT molecular complexity index is 718. The fourth-order valence-electron chi connectivity index (χ4n) is 1.92. The Morgan fingerprint density at radius 3 is 2.44 bits per heavy atom. The molecule has 0 atom stereocenters. The standard InChI is InChI=1S/C19H19ClN2O2S/c20-16-7-9-17(10-8-16)25-13-12-21-19(24)14-22-18(23)11-6-15-4-2-1-3-5-15/h1-11H,12-14H2,(H,21,24)(H,22,23)/b11-6+. The molecule has 4 nitrogen and oxygen atoms in total. The Morgan fingerprint density at radius 2 is 1.72 bits per heavy atom. The second-order valence-corrected chi connectivity index (χ2v) is 6.72. The summed E-state index contributed by atoms with van der Waals surface area (Å²) in [6.45, 7) is 0.491. The lowest BCUT2D eigenvalue weighted by molar-refractivity contribution is -0.123. The van der Waals surface area contributed by atoms with E-state index in [1.807, 2.05) is 54.6 Å². The molecule has 0 unspecified atom stereocenters. The van der Waals surface area contributed by atoms with Gasteiger partial charge in [0, 0.05) is 28.3 Å². The third-order valence-corrected chi connectivity index (χ3v) is 4.42. The molecule has 0 aliphatic carbocycles. The van der Waals surface area contributed by atoms with Crippen molar-refractivity contribution in [3.63, 3.8) is 0 Å². The molecular formula is C19H19ClN2O2S. The maximum Gasteiger partial charge on any atom is 0.244 e. The van der Waals surface area contributed by atoms with Gasteiger partial charge in [-0.15, -0.1) is 11.8 Å². The fraction of sp³-hybridized carbons (Fsp3) is 0.158. The number of rotatable bonds is 8. The molecule has 0 fully saturated rings. The van der Waals surface area contributed by atoms with Gasteiger partial charge in [-0.25, -0.2) is 0 Å². The minimum atomic E-state index is -0.297. The molecule has 2 N–H and O–H groups in total. The molecule has 6 heteroatoms. The summed E-state index contributed by atoms with van der Waals surface area (Å²) < 4.78 is 0. The molecule has 0 heterocycles. The third-order valence-electron chi connectivity index (χ3n) is 3.16. The number of carbonyl (C=O) groups excluding carboxylic acids is 2. The van der Waals surface area contributed by atoms with E-state index in [-0.39, 0.29) is 18.4 Å². The molecule has 0 saturated carbocycles. The SMILES string of the molecule is O=C(/C=C/c1ccccc1)NCC(=O)NCCSc1ccc(Cl)cc1. The predicted molar refractivity (Wildman–Crippen MR) is 104 cm³/mol. The maximum absolute atomic E-state index is 11.7. The van der Waals surface area contributed by atoms with Crippen molar-refractivity contribution >= 4 is 41.3 Å². The summed E-state index contributed by atoms with van der Waals surface area (Å²) in [5.74, 6) is 0.239. The molecule has 0 radical (unpaired) electrons. The third kappa shape index (κ3) is 7.92. The van der Waals surface area contributed by atoms with Crippen LogP contribution in [0.15, 0.2) is 65.6 Å². The summed E-state index contributed by atoms with van der Waals surface area (Å²) in [6.07, 6.45) is 3.12. The van der Waals surface area contributed by atoms with E-state index in [1.165, 1.54) is 6.08 Å². The zero-order valence-electron chi connectivity index (χ0n) is 13.6. The first kappa shape index (κ1) is 19.1. The smallest absolute Gasteiger partial charge is 0.244 e. The van der Waals surface area contributed by atoms with Crippen LogP contribution in [0, 0.1) is 0 Å². The topological polar surface area (TPSA) is 58.2 Å². The summed E-state index contributed by atoms with van der Waals surface area (Å²) in [7, 11) is 0. The van der Waals surface area contributed by atoms with Gasteiger partial charge in [-0.3, -0.25) is 9.59 Å². The van der Waals surface area contributed by atoms with Crippen LogP contribution in [0.25, 0.3) is 6.08 Å². The van der Waals surface area contributed by atoms with Crippen LogP contribution in [0.2, 0.25) is 5.02 Å². The number of thioether (sulfide) groups is 1. The Labute approximate surface area is 156 Å². The van der Waals surface area contributed by atoms with Crippen LogP contribution >= 0.6 is 23.4 Å². The molecule has 2 aromatic rings. The largest absolute Gasteiger partial charge is 0.354 e. The molecular weight excluding hydrogens is 356 g/mol. The van der Waals surface area contributed by atoms with Gasteiger partial charge in [0.1, 0.15) is 0 Å². The number of hydrogen-bond donors (Lipinski definition) is 2. The minimum Gasteiger partial charge on any atom is -0.354 e. The van der Waals surface area contributed by atoms with Gasteiger partial charge >= 0.3 is 0 Å². The fourth-order valence-corrected chi connectivity index (χ4v) is 2.81. The van der Waals surface area contributed by atoms with Gasteiger partial charge in [-0.1, -0.05) is 41.9 Å². The Balaban J connectivity index is 1.59. The van der Waals surface area contributed by atoms with Crippen LogP contribution in [0.4, 0.5) is 0 Å². The van der Waals surface area contributed by atoms with Crippen molar-refractivity contribution in [2.45, 2.75) is 4.90 Å². The van der Waals surface area contributed by atoms with Gasteiger partial charge in [0.15, 0.2) is 0 Å². The molecule has 2 rings (SSSR count). The second kappa shape index (κ2) is 10.6. The Hall–Kier alpha value is -2.24. The minimum absolute atomic E-state index is 0.0381. The monoisotopic (exact) mass is 374 g/mol. The number of halogens is 1. The average molecular weight is 375 g/mol. The van der Waals surface area contributed by atoms with Gasteiger partial charge in [0.2, 0.25) is 11.8 Å². The maximum atomic E-state index is 11.7. The van der Waals surface area contributed by atoms with Crippen LogP contribution in [0.1, 0.15) is 5.56 Å². The van der Waals surface area contributed by atoms with Crippen LogP contribution in [-0.2, 0) is 9.59 Å². The van der Waals surface area contributed by atoms with Crippen LogP contribution in [0.3, 0.4) is 0 Å². The molecule has 0 spiro atoms. The lowest BCUT2D eigenvalue weighted by atomic mass is 10.2. The van der Waals surface area contributed by atoms with E-state index >= 15 is 0 Å². The van der Waals surface area contributed by atoms with E-state index < -0.39 is 0 Å². The normalized spacial score (nSPS) is 10.6. The van der Waals surface area contributed by atoms with Crippen LogP contribution < -0.4 is 10.6 Å². The quantitative estimate of drug-likeness (QED) is 0.423. The molecule has 0 aliphatic heterocycles. The van der Waals surface area contributed by atoms with E-state index in [0.717, 1.165) is 16.2 Å². The number of carbonyl (C=O) groups is 2. The molecule has 130 valence electrons. The molecule has 25 heavy (non-hydrogen) atoms. The highest BCUT2D eigenvalue weighted by molar-refractivity contribution is 7.99. The summed E-state index contributed by atoms with van der Waals surface area (Å²) in [4.78, 5) is 24.5. The van der Waals surface area contributed by atoms with E-state index in [2.05, 4.69) is 10.6 Å². The number of benzene rings is 2. The van der Waals surface area contributed by atoms with Crippen molar-refractivity contribution in [3.8, 4) is 0 Å². The lowest BCUT2D eigenvalue weighted by Gasteiger charge is -2.06. The number of amides is 2. The van der Waals surface area contributed by atoms with E-state index in [4.69, 9.17) is 11.6 Å². The molecule has 0 saturated heterocycles. The summed E-state index contributed by atoms with van der Waals surface area (Å²) in [5, 5.41) is 6.03. The zero-order valence-corrected chi connectivity index (χ0v) is 15.1. The van der Waals surface area contributed by atoms with Crippen molar-refractivity contribution in [1.82, 2.24) is 10.6 Å². The zero-order chi connectivity index (χ0) is 17.9. The first-order valence-corrected chi connectivity index (χ1v) is 9.16. The van der Waals surface area contributed by atoms with Gasteiger partial charge < -0.3 is 10.6 Å². The highest BCUT2D eigenvalue weighted by Gasteiger charge is 2.03. The lowest BCUT2D eigenvalue weighted by Crippen LogP contribution is -2.37. The molecule has 0 aliphatic rings. The first-order valence-electron chi connectivity index (χ1n) is 7.79. The van der Waals surface area contributed by atoms with E-state index in [0.29, 0.717) is 11.6 Å². The van der Waals surface area contributed by atoms with Crippen molar-refractivity contribution in [2.75, 3.05) is 18.8 Å².